The minimum absolute atomic E-state index is 0.187. The maximum atomic E-state index is 10.7. The second-order valence-corrected chi connectivity index (χ2v) is 5.35. The lowest BCUT2D eigenvalue weighted by molar-refractivity contribution is -0.147. The molecule has 2 fully saturated rings. The molecule has 1 aliphatic carbocycles. The standard InChI is InChI=1S/C13H17NO3/c1-8-4-11(8)12-3-2-10(17-12)7-14-5-9(6-14)13(15)16/h2-3,8-9,11H,4-7H2,1H3,(H,15,16). The molecule has 1 saturated carbocycles. The Hall–Kier alpha value is -1.29. The van der Waals surface area contributed by atoms with Gasteiger partial charge in [0, 0.05) is 19.0 Å². The largest absolute Gasteiger partial charge is 0.481 e. The summed E-state index contributed by atoms with van der Waals surface area (Å²) in [6.07, 6.45) is 1.23. The maximum Gasteiger partial charge on any atom is 0.309 e. The van der Waals surface area contributed by atoms with Crippen molar-refractivity contribution in [1.82, 2.24) is 4.90 Å². The Bertz CT molecular complexity index is 434. The molecule has 4 nitrogen and oxygen atoms in total. The number of nitrogens with zero attached hydrogens (tertiary/aromatic N) is 1. The Morgan fingerprint density at radius 2 is 2.24 bits per heavy atom. The third-order valence-electron chi connectivity index (χ3n) is 3.84. The number of furan rings is 1. The average Bonchev–Trinajstić information content (AvgIpc) is 2.76. The number of hydrogen-bond acceptors (Lipinski definition) is 3. The molecule has 2 heterocycles. The predicted octanol–water partition coefficient (Wildman–Crippen LogP) is 1.92. The van der Waals surface area contributed by atoms with Crippen LogP contribution in [0, 0.1) is 11.8 Å². The molecule has 3 rings (SSSR count). The van der Waals surface area contributed by atoms with Crippen molar-refractivity contribution in [1.29, 1.82) is 0 Å². The molecule has 1 aromatic rings. The van der Waals surface area contributed by atoms with Crippen molar-refractivity contribution in [2.45, 2.75) is 25.8 Å². The van der Waals surface area contributed by atoms with Gasteiger partial charge < -0.3 is 9.52 Å². The topological polar surface area (TPSA) is 53.7 Å². The van der Waals surface area contributed by atoms with Crippen LogP contribution >= 0.6 is 0 Å². The molecule has 4 heteroatoms. The lowest BCUT2D eigenvalue weighted by Crippen LogP contribution is -2.49. The molecule has 2 atom stereocenters. The molecule has 92 valence electrons. The zero-order chi connectivity index (χ0) is 12.0. The summed E-state index contributed by atoms with van der Waals surface area (Å²) in [7, 11) is 0. The van der Waals surface area contributed by atoms with E-state index in [-0.39, 0.29) is 5.92 Å². The highest BCUT2D eigenvalue weighted by atomic mass is 16.4. The second-order valence-electron chi connectivity index (χ2n) is 5.35. The molecule has 0 aromatic carbocycles. The van der Waals surface area contributed by atoms with Crippen molar-refractivity contribution in [3.63, 3.8) is 0 Å². The number of aliphatic carboxylic acids is 1. The molecule has 1 aromatic heterocycles. The van der Waals surface area contributed by atoms with Crippen LogP contribution in [-0.4, -0.2) is 29.1 Å². The van der Waals surface area contributed by atoms with Gasteiger partial charge in [-0.1, -0.05) is 6.92 Å². The monoisotopic (exact) mass is 235 g/mol. The van der Waals surface area contributed by atoms with E-state index in [1.165, 1.54) is 6.42 Å². The summed E-state index contributed by atoms with van der Waals surface area (Å²) in [5.41, 5.74) is 0. The van der Waals surface area contributed by atoms with Gasteiger partial charge in [0.05, 0.1) is 12.5 Å². The first-order valence-electron chi connectivity index (χ1n) is 6.17. The van der Waals surface area contributed by atoms with Crippen molar-refractivity contribution in [3.8, 4) is 0 Å². The molecule has 1 N–H and O–H groups in total. The first kappa shape index (κ1) is 10.8. The SMILES string of the molecule is CC1CC1c1ccc(CN2CC(C(=O)O)C2)o1. The van der Waals surface area contributed by atoms with Crippen LogP contribution in [0.1, 0.15) is 30.8 Å². The highest BCUT2D eigenvalue weighted by Crippen LogP contribution is 2.47. The molecule has 2 aliphatic rings. The molecular formula is C13H17NO3. The molecule has 0 amide bonds. The number of hydrogen-bond donors (Lipinski definition) is 1. The summed E-state index contributed by atoms with van der Waals surface area (Å²) in [6.45, 7) is 4.26. The average molecular weight is 235 g/mol. The van der Waals surface area contributed by atoms with Gasteiger partial charge in [0.15, 0.2) is 0 Å². The zero-order valence-electron chi connectivity index (χ0n) is 9.93. The minimum atomic E-state index is -0.687. The van der Waals surface area contributed by atoms with Crippen molar-refractivity contribution in [3.05, 3.63) is 23.7 Å². The second kappa shape index (κ2) is 3.88. The summed E-state index contributed by atoms with van der Waals surface area (Å²) < 4.78 is 5.79. The Balaban J connectivity index is 1.53. The van der Waals surface area contributed by atoms with E-state index in [0.717, 1.165) is 24.0 Å². The van der Waals surface area contributed by atoms with E-state index < -0.39 is 5.97 Å². The van der Waals surface area contributed by atoms with Gasteiger partial charge in [-0.2, -0.15) is 0 Å². The van der Waals surface area contributed by atoms with E-state index in [4.69, 9.17) is 9.52 Å². The molecule has 2 unspecified atom stereocenters. The van der Waals surface area contributed by atoms with Gasteiger partial charge in [-0.25, -0.2) is 0 Å². The van der Waals surface area contributed by atoms with E-state index in [1.54, 1.807) is 0 Å². The molecule has 0 spiro atoms. The number of carboxylic acids is 1. The molecule has 1 saturated heterocycles. The van der Waals surface area contributed by atoms with Gasteiger partial charge in [-0.3, -0.25) is 9.69 Å². The van der Waals surface area contributed by atoms with E-state index in [0.29, 0.717) is 19.0 Å². The van der Waals surface area contributed by atoms with Crippen LogP contribution < -0.4 is 0 Å². The maximum absolute atomic E-state index is 10.7. The summed E-state index contributed by atoms with van der Waals surface area (Å²) in [4.78, 5) is 12.8. The van der Waals surface area contributed by atoms with Crippen LogP contribution in [0.5, 0.6) is 0 Å². The number of rotatable bonds is 4. The Morgan fingerprint density at radius 1 is 1.53 bits per heavy atom. The van der Waals surface area contributed by atoms with Crippen LogP contribution in [-0.2, 0) is 11.3 Å². The van der Waals surface area contributed by atoms with Crippen LogP contribution in [0.25, 0.3) is 0 Å². The van der Waals surface area contributed by atoms with Gasteiger partial charge >= 0.3 is 5.97 Å². The minimum Gasteiger partial charge on any atom is -0.481 e. The van der Waals surface area contributed by atoms with Gasteiger partial charge in [0.1, 0.15) is 11.5 Å². The number of carbonyl (C=O) groups is 1. The zero-order valence-corrected chi connectivity index (χ0v) is 9.93. The van der Waals surface area contributed by atoms with Crippen molar-refractivity contribution < 1.29 is 14.3 Å². The van der Waals surface area contributed by atoms with Crippen LogP contribution in [0.15, 0.2) is 16.5 Å². The Labute approximate surface area is 100 Å². The van der Waals surface area contributed by atoms with E-state index in [1.807, 2.05) is 6.07 Å². The molecular weight excluding hydrogens is 218 g/mol. The lowest BCUT2D eigenvalue weighted by Gasteiger charge is -2.35. The predicted molar refractivity (Wildman–Crippen MR) is 61.6 cm³/mol. The molecule has 1 aliphatic heterocycles. The molecule has 0 bridgehead atoms. The lowest BCUT2D eigenvalue weighted by atomic mass is 10.0. The van der Waals surface area contributed by atoms with Crippen LogP contribution in [0.3, 0.4) is 0 Å². The first-order chi connectivity index (χ1) is 8.13. The van der Waals surface area contributed by atoms with Crippen LogP contribution in [0.2, 0.25) is 0 Å². The molecule has 17 heavy (non-hydrogen) atoms. The smallest absolute Gasteiger partial charge is 0.309 e. The van der Waals surface area contributed by atoms with E-state index in [2.05, 4.69) is 17.9 Å². The molecule has 0 radical (unpaired) electrons. The summed E-state index contributed by atoms with van der Waals surface area (Å²) in [6, 6.07) is 4.09. The Morgan fingerprint density at radius 3 is 2.82 bits per heavy atom. The van der Waals surface area contributed by atoms with Gasteiger partial charge in [-0.15, -0.1) is 0 Å². The van der Waals surface area contributed by atoms with Gasteiger partial charge in [-0.05, 0) is 24.5 Å². The van der Waals surface area contributed by atoms with Gasteiger partial charge in [0.2, 0.25) is 0 Å². The van der Waals surface area contributed by atoms with Gasteiger partial charge in [0.25, 0.3) is 0 Å². The third-order valence-corrected chi connectivity index (χ3v) is 3.84. The van der Waals surface area contributed by atoms with Crippen molar-refractivity contribution >= 4 is 5.97 Å². The quantitative estimate of drug-likeness (QED) is 0.866. The number of likely N-dealkylation sites (tertiary alicyclic amines) is 1. The van der Waals surface area contributed by atoms with Crippen molar-refractivity contribution in [2.75, 3.05) is 13.1 Å². The summed E-state index contributed by atoms with van der Waals surface area (Å²) >= 11 is 0. The summed E-state index contributed by atoms with van der Waals surface area (Å²) in [5, 5.41) is 8.78. The normalized spacial score (nSPS) is 29.0. The fraction of sp³-hybridized carbons (Fsp3) is 0.615. The fourth-order valence-corrected chi connectivity index (χ4v) is 2.47. The van der Waals surface area contributed by atoms with Crippen LogP contribution in [0.4, 0.5) is 0 Å². The fourth-order valence-electron chi connectivity index (χ4n) is 2.47. The summed E-state index contributed by atoms with van der Waals surface area (Å²) in [5.74, 6) is 2.56. The van der Waals surface area contributed by atoms with Crippen molar-refractivity contribution in [2.24, 2.45) is 11.8 Å². The van der Waals surface area contributed by atoms with E-state index >= 15 is 0 Å². The highest BCUT2D eigenvalue weighted by Gasteiger charge is 2.37. The number of carboxylic acid groups (broad SMARTS) is 1. The highest BCUT2D eigenvalue weighted by molar-refractivity contribution is 5.71. The Kier molecular flexibility index (Phi) is 2.47. The van der Waals surface area contributed by atoms with E-state index in [9.17, 15) is 4.79 Å². The first-order valence-corrected chi connectivity index (χ1v) is 6.17. The third kappa shape index (κ3) is 2.09.